The number of rotatable bonds is 5. The molecule has 2 fully saturated rings. The molecule has 0 aromatic carbocycles. The minimum atomic E-state index is 0. The minimum absolute atomic E-state index is 0. The molecule has 100 valence electrons. The maximum absolute atomic E-state index is 11.5. The van der Waals surface area contributed by atoms with Gasteiger partial charge in [-0.3, -0.25) is 4.79 Å². The van der Waals surface area contributed by atoms with Crippen LogP contribution in [-0.4, -0.2) is 12.1 Å². The van der Waals surface area contributed by atoms with Crippen molar-refractivity contribution in [1.29, 1.82) is 0 Å². The van der Waals surface area contributed by atoms with E-state index in [0.717, 1.165) is 19.1 Å². The Morgan fingerprint density at radius 3 is 2.11 bits per heavy atom. The number of ketones is 1. The Balaban J connectivity index is 0.000000454. The van der Waals surface area contributed by atoms with Crippen LogP contribution in [0.25, 0.3) is 0 Å². The molecule has 0 aromatic rings. The largest absolute Gasteiger partial charge is 2.00 e. The molecule has 2 aliphatic carbocycles. The first kappa shape index (κ1) is 18.9. The van der Waals surface area contributed by atoms with Crippen LogP contribution in [0.3, 0.4) is 0 Å². The first-order valence-corrected chi connectivity index (χ1v) is 6.20. The summed E-state index contributed by atoms with van der Waals surface area (Å²) in [7, 11) is 0. The van der Waals surface area contributed by atoms with Crippen LogP contribution < -0.4 is 0 Å². The van der Waals surface area contributed by atoms with Gasteiger partial charge in [-0.05, 0) is 57.8 Å². The SMILES string of the molecule is CCCCC(=O)[C]1[CH][CH][CH][C]1C=O.[CH]1[CH][CH][CH][CH]1.[Fe+2]. The molecule has 0 unspecified atom stereocenters. The van der Waals surface area contributed by atoms with Crippen LogP contribution in [0.2, 0.25) is 0 Å². The Morgan fingerprint density at radius 2 is 1.63 bits per heavy atom. The number of unbranched alkanes of at least 4 members (excludes halogenated alkanes) is 1. The number of carbonyl (C=O) groups is 2. The van der Waals surface area contributed by atoms with Crippen molar-refractivity contribution in [3.63, 3.8) is 0 Å². The van der Waals surface area contributed by atoms with Gasteiger partial charge < -0.3 is 4.79 Å². The quantitative estimate of drug-likeness (QED) is 0.578. The van der Waals surface area contributed by atoms with Crippen molar-refractivity contribution in [2.24, 2.45) is 0 Å². The summed E-state index contributed by atoms with van der Waals surface area (Å²) in [6, 6.07) is 0. The molecule has 0 heterocycles. The van der Waals surface area contributed by atoms with E-state index in [1.165, 1.54) is 0 Å². The Morgan fingerprint density at radius 1 is 1.05 bits per heavy atom. The molecule has 2 saturated carbocycles. The van der Waals surface area contributed by atoms with Gasteiger partial charge in [0, 0.05) is 6.42 Å². The van der Waals surface area contributed by atoms with Gasteiger partial charge in [0.05, 0.1) is 11.8 Å². The molecule has 0 saturated heterocycles. The Labute approximate surface area is 128 Å². The zero-order chi connectivity index (χ0) is 13.2. The summed E-state index contributed by atoms with van der Waals surface area (Å²) in [6.45, 7) is 2.04. The van der Waals surface area contributed by atoms with Crippen molar-refractivity contribution in [1.82, 2.24) is 0 Å². The van der Waals surface area contributed by atoms with Crippen molar-refractivity contribution in [2.75, 3.05) is 0 Å². The number of hydrogen-bond donors (Lipinski definition) is 0. The van der Waals surface area contributed by atoms with Gasteiger partial charge in [-0.2, -0.15) is 0 Å². The van der Waals surface area contributed by atoms with Crippen molar-refractivity contribution < 1.29 is 26.7 Å². The third-order valence-electron chi connectivity index (χ3n) is 2.59. The van der Waals surface area contributed by atoms with E-state index in [0.29, 0.717) is 18.3 Å². The Kier molecular flexibility index (Phi) is 11.6. The van der Waals surface area contributed by atoms with E-state index in [1.54, 1.807) is 19.3 Å². The first-order chi connectivity index (χ1) is 8.79. The predicted octanol–water partition coefficient (Wildman–Crippen LogP) is 2.74. The molecular weight excluding hydrogens is 280 g/mol. The number of Topliss-reactive ketones (excluding diaryl/α,β-unsaturated/α-hetero) is 1. The standard InChI is InChI=1S/C11H13O2.C5H5.Fe/c1-2-3-7-11(13)10-6-4-5-9(10)8-12;1-2-4-5-3-1;/h4-6,8H,2-3,7H2,1H3;1-5H;/q;;+2. The van der Waals surface area contributed by atoms with E-state index >= 15 is 0 Å². The van der Waals surface area contributed by atoms with Crippen molar-refractivity contribution in [3.8, 4) is 0 Å². The second kappa shape index (κ2) is 11.7. The summed E-state index contributed by atoms with van der Waals surface area (Å²) < 4.78 is 0. The number of carbonyl (C=O) groups excluding carboxylic acids is 2. The summed E-state index contributed by atoms with van der Waals surface area (Å²) >= 11 is 0. The molecule has 2 rings (SSSR count). The summed E-state index contributed by atoms with van der Waals surface area (Å²) in [5.74, 6) is 1.17. The fraction of sp³-hybridized carbons (Fsp3) is 0.250. The molecule has 2 nitrogen and oxygen atoms in total. The summed E-state index contributed by atoms with van der Waals surface area (Å²) in [6.07, 6.45) is 18.3. The molecule has 0 spiro atoms. The second-order valence-electron chi connectivity index (χ2n) is 4.00. The van der Waals surface area contributed by atoms with Gasteiger partial charge in [-0.15, -0.1) is 0 Å². The molecule has 0 amide bonds. The van der Waals surface area contributed by atoms with E-state index in [-0.39, 0.29) is 22.9 Å². The van der Waals surface area contributed by atoms with Crippen LogP contribution in [0.1, 0.15) is 26.2 Å². The summed E-state index contributed by atoms with van der Waals surface area (Å²) in [5.41, 5.74) is 0. The fourth-order valence-corrected chi connectivity index (χ4v) is 1.58. The van der Waals surface area contributed by atoms with E-state index < -0.39 is 0 Å². The van der Waals surface area contributed by atoms with Crippen LogP contribution in [-0.2, 0) is 26.7 Å². The van der Waals surface area contributed by atoms with Crippen LogP contribution in [0.15, 0.2) is 0 Å². The van der Waals surface area contributed by atoms with E-state index in [9.17, 15) is 9.59 Å². The molecule has 0 N–H and O–H groups in total. The zero-order valence-electron chi connectivity index (χ0n) is 11.0. The normalized spacial score (nSPS) is 19.4. The van der Waals surface area contributed by atoms with Crippen molar-refractivity contribution in [2.45, 2.75) is 26.2 Å². The maximum atomic E-state index is 11.5. The van der Waals surface area contributed by atoms with E-state index in [4.69, 9.17) is 0 Å². The molecule has 2 aliphatic rings. The van der Waals surface area contributed by atoms with Gasteiger partial charge in [0.15, 0.2) is 0 Å². The first-order valence-electron chi connectivity index (χ1n) is 6.20. The van der Waals surface area contributed by atoms with E-state index in [1.807, 2.05) is 39.0 Å². The average Bonchev–Trinajstić information content (AvgIpc) is 3.07. The number of aldehydes is 1. The Hall–Kier alpha value is -0.141. The molecule has 0 aliphatic heterocycles. The van der Waals surface area contributed by atoms with Crippen LogP contribution in [0, 0.1) is 63.2 Å². The molecule has 0 aromatic heterocycles. The fourth-order valence-electron chi connectivity index (χ4n) is 1.58. The van der Waals surface area contributed by atoms with Crippen molar-refractivity contribution in [3.05, 3.63) is 63.2 Å². The minimum Gasteiger partial charge on any atom is -0.303 e. The van der Waals surface area contributed by atoms with E-state index in [2.05, 4.69) is 0 Å². The summed E-state index contributed by atoms with van der Waals surface area (Å²) in [5, 5.41) is 0. The molecule has 0 bridgehead atoms. The molecule has 0 atom stereocenters. The third-order valence-corrected chi connectivity index (χ3v) is 2.59. The second-order valence-corrected chi connectivity index (χ2v) is 4.00. The molecule has 3 heteroatoms. The van der Waals surface area contributed by atoms with Gasteiger partial charge in [-0.25, -0.2) is 0 Å². The van der Waals surface area contributed by atoms with Crippen molar-refractivity contribution >= 4 is 12.1 Å². The molecule has 10 radical (unpaired) electrons. The molecule has 19 heavy (non-hydrogen) atoms. The average molecular weight is 298 g/mol. The van der Waals surface area contributed by atoms with Gasteiger partial charge in [0.25, 0.3) is 0 Å². The maximum Gasteiger partial charge on any atom is 2.00 e. The zero-order valence-corrected chi connectivity index (χ0v) is 12.1. The number of hydrogen-bond acceptors (Lipinski definition) is 2. The molecular formula is C16H18FeO2+2. The summed E-state index contributed by atoms with van der Waals surface area (Å²) in [4.78, 5) is 22.0. The van der Waals surface area contributed by atoms with Gasteiger partial charge in [-0.1, -0.05) is 13.3 Å². The van der Waals surface area contributed by atoms with Crippen LogP contribution in [0.5, 0.6) is 0 Å². The third kappa shape index (κ3) is 7.27. The predicted molar refractivity (Wildman–Crippen MR) is 71.5 cm³/mol. The van der Waals surface area contributed by atoms with Gasteiger partial charge in [0.1, 0.15) is 12.1 Å². The Bertz CT molecular complexity index is 242. The smallest absolute Gasteiger partial charge is 0.303 e. The topological polar surface area (TPSA) is 34.1 Å². The van der Waals surface area contributed by atoms with Gasteiger partial charge in [0.2, 0.25) is 0 Å². The monoisotopic (exact) mass is 298 g/mol. The van der Waals surface area contributed by atoms with Crippen LogP contribution in [0.4, 0.5) is 0 Å². The van der Waals surface area contributed by atoms with Crippen LogP contribution >= 0.6 is 0 Å². The van der Waals surface area contributed by atoms with Gasteiger partial charge >= 0.3 is 17.1 Å².